The van der Waals surface area contributed by atoms with Gasteiger partial charge < -0.3 is 13.9 Å². The summed E-state index contributed by atoms with van der Waals surface area (Å²) in [7, 11) is -0.0948. The van der Waals surface area contributed by atoms with Crippen LogP contribution in [-0.4, -0.2) is 33.9 Å². The number of hydrogen-bond acceptors (Lipinski definition) is 3. The Morgan fingerprint density at radius 3 is 2.34 bits per heavy atom. The van der Waals surface area contributed by atoms with Gasteiger partial charge in [-0.2, -0.15) is 0 Å². The van der Waals surface area contributed by atoms with Gasteiger partial charge in [0.15, 0.2) is 8.32 Å². The lowest BCUT2D eigenvalue weighted by Gasteiger charge is -2.50. The highest BCUT2D eigenvalue weighted by Gasteiger charge is 2.54. The van der Waals surface area contributed by atoms with Crippen molar-refractivity contribution >= 4 is 8.32 Å². The molecule has 186 valence electrons. The third-order valence-electron chi connectivity index (χ3n) is 9.17. The number of rotatable bonds is 10. The normalized spacial score (nSPS) is 31.5. The van der Waals surface area contributed by atoms with Crippen LogP contribution in [-0.2, 0) is 13.9 Å². The second-order valence-corrected chi connectivity index (χ2v) is 17.5. The molecule has 0 N–H and O–H groups in total. The van der Waals surface area contributed by atoms with E-state index in [1.807, 2.05) is 0 Å². The zero-order chi connectivity index (χ0) is 24.4. The summed E-state index contributed by atoms with van der Waals surface area (Å²) in [5.74, 6) is 2.30. The quantitative estimate of drug-likeness (QED) is 0.186. The van der Waals surface area contributed by atoms with Gasteiger partial charge in [-0.3, -0.25) is 0 Å². The fraction of sp³-hybridized carbons (Fsp3) is 0.857. The van der Waals surface area contributed by atoms with E-state index in [2.05, 4.69) is 86.4 Å². The Balaban J connectivity index is 2.17. The van der Waals surface area contributed by atoms with Crippen LogP contribution < -0.4 is 0 Å². The topological polar surface area (TPSA) is 27.7 Å². The van der Waals surface area contributed by atoms with Crippen molar-refractivity contribution in [1.29, 1.82) is 0 Å². The highest BCUT2D eigenvalue weighted by Crippen LogP contribution is 2.60. The zero-order valence-electron chi connectivity index (χ0n) is 22.8. The fourth-order valence-electron chi connectivity index (χ4n) is 6.06. The Bertz CT molecular complexity index is 648. The van der Waals surface area contributed by atoms with Crippen LogP contribution in [0, 0.1) is 29.1 Å². The number of methoxy groups -OCH3 is 1. The Hall–Kier alpha value is -0.423. The predicted molar refractivity (Wildman–Crippen MR) is 139 cm³/mol. The lowest BCUT2D eigenvalue weighted by atomic mass is 9.60. The van der Waals surface area contributed by atoms with Crippen LogP contribution >= 0.6 is 0 Å². The van der Waals surface area contributed by atoms with Crippen molar-refractivity contribution in [2.75, 3.05) is 13.9 Å². The van der Waals surface area contributed by atoms with Crippen molar-refractivity contribution in [2.45, 2.75) is 110 Å². The van der Waals surface area contributed by atoms with Crippen molar-refractivity contribution < 1.29 is 13.9 Å². The van der Waals surface area contributed by atoms with Gasteiger partial charge in [0.2, 0.25) is 0 Å². The second-order valence-electron chi connectivity index (χ2n) is 12.8. The van der Waals surface area contributed by atoms with Gasteiger partial charge in [-0.25, -0.2) is 0 Å². The van der Waals surface area contributed by atoms with Gasteiger partial charge in [0.1, 0.15) is 6.79 Å². The highest BCUT2D eigenvalue weighted by molar-refractivity contribution is 6.74. The van der Waals surface area contributed by atoms with E-state index < -0.39 is 8.32 Å². The largest absolute Gasteiger partial charge is 0.414 e. The summed E-state index contributed by atoms with van der Waals surface area (Å²) >= 11 is 0. The molecule has 0 unspecified atom stereocenters. The average Bonchev–Trinajstić information content (AvgIpc) is 3.03. The summed E-state index contributed by atoms with van der Waals surface area (Å²) in [5, 5.41) is 0.266. The minimum atomic E-state index is -1.76. The molecule has 2 saturated carbocycles. The first kappa shape index (κ1) is 27.8. The van der Waals surface area contributed by atoms with Crippen LogP contribution in [0.25, 0.3) is 0 Å². The van der Waals surface area contributed by atoms with Crippen LogP contribution in [0.4, 0.5) is 0 Å². The summed E-state index contributed by atoms with van der Waals surface area (Å²) in [5.41, 5.74) is 0.0217. The van der Waals surface area contributed by atoms with Gasteiger partial charge >= 0.3 is 0 Å². The highest BCUT2D eigenvalue weighted by atomic mass is 28.4. The van der Waals surface area contributed by atoms with Crippen molar-refractivity contribution in [3.05, 3.63) is 24.8 Å². The third-order valence-corrected chi connectivity index (χ3v) is 13.7. The van der Waals surface area contributed by atoms with Gasteiger partial charge in [0, 0.05) is 13.2 Å². The molecule has 2 rings (SSSR count). The van der Waals surface area contributed by atoms with Crippen molar-refractivity contribution in [3.8, 4) is 0 Å². The van der Waals surface area contributed by atoms with Crippen LogP contribution in [0.2, 0.25) is 18.1 Å². The summed E-state index contributed by atoms with van der Waals surface area (Å²) in [6.07, 6.45) is 13.6. The van der Waals surface area contributed by atoms with E-state index in [1.54, 1.807) is 7.11 Å². The third kappa shape index (κ3) is 6.17. The first-order valence-electron chi connectivity index (χ1n) is 12.8. The Morgan fingerprint density at radius 2 is 1.78 bits per heavy atom. The molecule has 0 aromatic rings. The summed E-state index contributed by atoms with van der Waals surface area (Å²) < 4.78 is 18.0. The summed E-state index contributed by atoms with van der Waals surface area (Å²) in [4.78, 5) is 0. The number of ether oxygens (including phenoxy) is 2. The molecule has 0 heterocycles. The molecule has 4 heteroatoms. The molecule has 32 heavy (non-hydrogen) atoms. The average molecular weight is 465 g/mol. The van der Waals surface area contributed by atoms with E-state index in [0.717, 1.165) is 0 Å². The lowest BCUT2D eigenvalue weighted by Crippen LogP contribution is -2.50. The molecule has 2 aliphatic carbocycles. The Kier molecular flexibility index (Phi) is 9.09. The van der Waals surface area contributed by atoms with Gasteiger partial charge in [-0.15, -0.1) is 6.58 Å². The molecule has 0 spiro atoms. The molecule has 2 aliphatic rings. The molecule has 0 aromatic heterocycles. The molecule has 0 saturated heterocycles. The molecule has 0 aliphatic heterocycles. The van der Waals surface area contributed by atoms with Crippen LogP contribution in [0.3, 0.4) is 0 Å². The summed E-state index contributed by atoms with van der Waals surface area (Å²) in [6.45, 7) is 25.6. The minimum Gasteiger partial charge on any atom is -0.414 e. The number of allylic oxidation sites excluding steroid dienone is 2. The molecule has 0 aromatic carbocycles. The van der Waals surface area contributed by atoms with E-state index in [9.17, 15) is 0 Å². The van der Waals surface area contributed by atoms with Crippen molar-refractivity contribution in [2.24, 2.45) is 29.1 Å². The Labute approximate surface area is 200 Å². The second kappa shape index (κ2) is 10.5. The smallest absolute Gasteiger partial charge is 0.192 e. The maximum atomic E-state index is 7.04. The molecule has 3 nitrogen and oxygen atoms in total. The van der Waals surface area contributed by atoms with Gasteiger partial charge in [0.25, 0.3) is 0 Å². The van der Waals surface area contributed by atoms with Crippen LogP contribution in [0.15, 0.2) is 24.8 Å². The molecule has 0 bridgehead atoms. The first-order valence-corrected chi connectivity index (χ1v) is 15.7. The van der Waals surface area contributed by atoms with Crippen molar-refractivity contribution in [1.82, 2.24) is 0 Å². The molecule has 2 fully saturated rings. The van der Waals surface area contributed by atoms with E-state index in [-0.39, 0.29) is 10.6 Å². The molecule has 0 radical (unpaired) electrons. The minimum absolute atomic E-state index is 0.266. The van der Waals surface area contributed by atoms with Crippen LogP contribution in [0.5, 0.6) is 0 Å². The summed E-state index contributed by atoms with van der Waals surface area (Å²) in [6, 6.07) is 0. The predicted octanol–water partition coefficient (Wildman–Crippen LogP) is 7.99. The first-order chi connectivity index (χ1) is 14.7. The monoisotopic (exact) mass is 464 g/mol. The van der Waals surface area contributed by atoms with Gasteiger partial charge in [-0.05, 0) is 86.7 Å². The lowest BCUT2D eigenvalue weighted by molar-refractivity contribution is -0.0921. The fourth-order valence-corrected chi connectivity index (χ4v) is 7.45. The molecular formula is C28H52O3Si. The molecule has 6 atom stereocenters. The van der Waals surface area contributed by atoms with Gasteiger partial charge in [0.05, 0.1) is 5.60 Å². The molecule has 0 amide bonds. The van der Waals surface area contributed by atoms with E-state index in [4.69, 9.17) is 13.9 Å². The van der Waals surface area contributed by atoms with E-state index >= 15 is 0 Å². The standard InChI is InChI=1S/C28H52O3Si/c1-12-22(17-19-27(6,7)30-20-29-9)21(2)23-15-16-24-25(14-13-18-28(23,24)8)31-32(10,11)26(3,4)5/h12,17,19,21-25H,1,13-16,18,20H2,2-11H3/b19-17+/t21-,22+,23-,24+,25+,28-/m1/s1. The molecular weight excluding hydrogens is 412 g/mol. The number of hydrogen-bond donors (Lipinski definition) is 0. The van der Waals surface area contributed by atoms with Crippen LogP contribution in [0.1, 0.15) is 80.6 Å². The van der Waals surface area contributed by atoms with Gasteiger partial charge in [-0.1, -0.05) is 59.3 Å². The Morgan fingerprint density at radius 1 is 1.12 bits per heavy atom. The van der Waals surface area contributed by atoms with E-state index in [1.165, 1.54) is 32.1 Å². The SMILES string of the molecule is C=C[C@@H](/C=C/C(C)(C)OCOC)[C@@H](C)[C@H]1CC[C@H]2[C@@H](O[Si](C)(C)C(C)(C)C)CCC[C@]12C. The van der Waals surface area contributed by atoms with E-state index in [0.29, 0.717) is 42.0 Å². The number of fused-ring (bicyclic) bond motifs is 1. The maximum Gasteiger partial charge on any atom is 0.192 e. The maximum absolute atomic E-state index is 7.04. The zero-order valence-corrected chi connectivity index (χ0v) is 23.8. The van der Waals surface area contributed by atoms with Crippen molar-refractivity contribution in [3.63, 3.8) is 0 Å².